The first-order chi connectivity index (χ1) is 10.3. The molecule has 0 aliphatic rings. The summed E-state index contributed by atoms with van der Waals surface area (Å²) in [6.07, 6.45) is 4.96. The van der Waals surface area contributed by atoms with Crippen LogP contribution in [0.3, 0.4) is 0 Å². The highest BCUT2D eigenvalue weighted by Crippen LogP contribution is 2.31. The fourth-order valence-corrected chi connectivity index (χ4v) is 2.78. The minimum Gasteiger partial charge on any atom is -0.399 e. The van der Waals surface area contributed by atoms with Crippen LogP contribution in [-0.4, -0.2) is 6.04 Å². The molecule has 1 aromatic rings. The van der Waals surface area contributed by atoms with Gasteiger partial charge in [0.1, 0.15) is 0 Å². The molecule has 22 heavy (non-hydrogen) atoms. The Morgan fingerprint density at radius 3 is 2.05 bits per heavy atom. The zero-order valence-electron chi connectivity index (χ0n) is 15.4. The number of benzene rings is 1. The van der Waals surface area contributed by atoms with Crippen LogP contribution < -0.4 is 11.1 Å². The van der Waals surface area contributed by atoms with Crippen LogP contribution >= 0.6 is 0 Å². The molecule has 0 aromatic heterocycles. The summed E-state index contributed by atoms with van der Waals surface area (Å²) in [6, 6.07) is 6.82. The molecular formula is C20H36N2. The van der Waals surface area contributed by atoms with Gasteiger partial charge in [-0.15, -0.1) is 0 Å². The van der Waals surface area contributed by atoms with Crippen molar-refractivity contribution in [3.05, 3.63) is 23.8 Å². The molecule has 0 radical (unpaired) electrons. The molecule has 2 atom stereocenters. The zero-order valence-corrected chi connectivity index (χ0v) is 15.4. The summed E-state index contributed by atoms with van der Waals surface area (Å²) in [7, 11) is 0. The average molecular weight is 305 g/mol. The number of nitrogens with two attached hydrogens (primary N) is 1. The van der Waals surface area contributed by atoms with Crippen LogP contribution in [0.15, 0.2) is 18.2 Å². The third-order valence-corrected chi connectivity index (χ3v) is 4.36. The molecule has 2 unspecified atom stereocenters. The monoisotopic (exact) mass is 304 g/mol. The molecule has 0 spiro atoms. The number of nitrogen functional groups attached to an aromatic ring is 1. The van der Waals surface area contributed by atoms with Crippen molar-refractivity contribution in [2.75, 3.05) is 11.1 Å². The van der Waals surface area contributed by atoms with E-state index in [1.54, 1.807) is 0 Å². The summed E-state index contributed by atoms with van der Waals surface area (Å²) in [4.78, 5) is 0. The number of anilines is 2. The lowest BCUT2D eigenvalue weighted by Crippen LogP contribution is -2.17. The molecule has 1 aromatic carbocycles. The topological polar surface area (TPSA) is 38.0 Å². The third-order valence-electron chi connectivity index (χ3n) is 4.36. The number of nitrogens with one attached hydrogen (secondary N) is 1. The van der Waals surface area contributed by atoms with Gasteiger partial charge in [0.25, 0.3) is 0 Å². The molecule has 2 heteroatoms. The Hall–Kier alpha value is -1.18. The maximum atomic E-state index is 6.02. The van der Waals surface area contributed by atoms with Crippen LogP contribution in [0.1, 0.15) is 78.7 Å². The predicted molar refractivity (Wildman–Crippen MR) is 100 cm³/mol. The maximum absolute atomic E-state index is 6.02. The first-order valence-electron chi connectivity index (χ1n) is 8.95. The van der Waals surface area contributed by atoms with Gasteiger partial charge in [-0.25, -0.2) is 0 Å². The molecular weight excluding hydrogens is 268 g/mol. The molecule has 0 aliphatic carbocycles. The van der Waals surface area contributed by atoms with E-state index in [1.165, 1.54) is 36.9 Å². The number of rotatable bonds is 9. The summed E-state index contributed by atoms with van der Waals surface area (Å²) >= 11 is 0. The van der Waals surface area contributed by atoms with Crippen molar-refractivity contribution in [1.29, 1.82) is 0 Å². The Balaban J connectivity index is 2.77. The van der Waals surface area contributed by atoms with E-state index in [1.807, 2.05) is 6.07 Å². The Kier molecular flexibility index (Phi) is 7.78. The molecule has 0 amide bonds. The highest BCUT2D eigenvalue weighted by atomic mass is 14.9. The molecule has 3 N–H and O–H groups in total. The number of hydrogen-bond donors (Lipinski definition) is 2. The van der Waals surface area contributed by atoms with Crippen LogP contribution in [0.25, 0.3) is 0 Å². The molecule has 0 bridgehead atoms. The van der Waals surface area contributed by atoms with Crippen molar-refractivity contribution in [2.24, 2.45) is 11.8 Å². The fraction of sp³-hybridized carbons (Fsp3) is 0.700. The predicted octanol–water partition coefficient (Wildman–Crippen LogP) is 6.05. The van der Waals surface area contributed by atoms with Crippen LogP contribution in [0.5, 0.6) is 0 Å². The van der Waals surface area contributed by atoms with Crippen molar-refractivity contribution in [2.45, 2.75) is 79.2 Å². The lowest BCUT2D eigenvalue weighted by molar-refractivity contribution is 0.515. The molecule has 0 aliphatic heterocycles. The van der Waals surface area contributed by atoms with Gasteiger partial charge in [0, 0.05) is 17.4 Å². The second-order valence-corrected chi connectivity index (χ2v) is 7.74. The van der Waals surface area contributed by atoms with Crippen LogP contribution in [-0.2, 0) is 0 Å². The minimum absolute atomic E-state index is 0.502. The molecule has 0 heterocycles. The Bertz CT molecular complexity index is 437. The second-order valence-electron chi connectivity index (χ2n) is 7.74. The van der Waals surface area contributed by atoms with Crippen molar-refractivity contribution in [1.82, 2.24) is 0 Å². The lowest BCUT2D eigenvalue weighted by atomic mass is 9.91. The van der Waals surface area contributed by atoms with E-state index in [9.17, 15) is 0 Å². The second kappa shape index (κ2) is 9.07. The van der Waals surface area contributed by atoms with E-state index >= 15 is 0 Å². The Morgan fingerprint density at radius 2 is 1.45 bits per heavy atom. The van der Waals surface area contributed by atoms with Gasteiger partial charge in [-0.1, -0.05) is 41.0 Å². The zero-order chi connectivity index (χ0) is 16.7. The van der Waals surface area contributed by atoms with E-state index in [2.05, 4.69) is 59.0 Å². The van der Waals surface area contributed by atoms with Gasteiger partial charge in [-0.3, -0.25) is 0 Å². The number of hydrogen-bond acceptors (Lipinski definition) is 2. The van der Waals surface area contributed by atoms with Gasteiger partial charge >= 0.3 is 0 Å². The Morgan fingerprint density at radius 1 is 0.864 bits per heavy atom. The molecule has 0 saturated heterocycles. The standard InChI is InChI=1S/C20H36N2/c1-14(2)7-9-16(5)19-13-18(21)11-12-20(19)22-17(6)10-8-15(3)4/h11-17,22H,7-10,21H2,1-6H3. The van der Waals surface area contributed by atoms with Crippen LogP contribution in [0, 0.1) is 11.8 Å². The van der Waals surface area contributed by atoms with Gasteiger partial charge in [0.15, 0.2) is 0 Å². The summed E-state index contributed by atoms with van der Waals surface area (Å²) in [5, 5.41) is 3.71. The third kappa shape index (κ3) is 6.72. The van der Waals surface area contributed by atoms with E-state index in [4.69, 9.17) is 5.73 Å². The molecule has 1 rings (SSSR count). The van der Waals surface area contributed by atoms with E-state index in [0.29, 0.717) is 12.0 Å². The SMILES string of the molecule is CC(C)CCC(C)Nc1ccc(N)cc1C(C)CCC(C)C. The lowest BCUT2D eigenvalue weighted by Gasteiger charge is -2.23. The first-order valence-corrected chi connectivity index (χ1v) is 8.95. The van der Waals surface area contributed by atoms with E-state index < -0.39 is 0 Å². The smallest absolute Gasteiger partial charge is 0.0379 e. The quantitative estimate of drug-likeness (QED) is 0.545. The summed E-state index contributed by atoms with van der Waals surface area (Å²) < 4.78 is 0. The highest BCUT2D eigenvalue weighted by Gasteiger charge is 2.14. The normalized spacial score (nSPS) is 14.4. The van der Waals surface area contributed by atoms with E-state index in [-0.39, 0.29) is 0 Å². The van der Waals surface area contributed by atoms with E-state index in [0.717, 1.165) is 17.5 Å². The van der Waals surface area contributed by atoms with Gasteiger partial charge in [-0.05, 0) is 67.7 Å². The molecule has 0 saturated carbocycles. The fourth-order valence-electron chi connectivity index (χ4n) is 2.78. The van der Waals surface area contributed by atoms with Crippen molar-refractivity contribution in [3.8, 4) is 0 Å². The molecule has 2 nitrogen and oxygen atoms in total. The summed E-state index contributed by atoms with van der Waals surface area (Å²) in [5.41, 5.74) is 9.53. The van der Waals surface area contributed by atoms with Gasteiger partial charge in [0.2, 0.25) is 0 Å². The molecule has 126 valence electrons. The van der Waals surface area contributed by atoms with Crippen LogP contribution in [0.4, 0.5) is 11.4 Å². The summed E-state index contributed by atoms with van der Waals surface area (Å²) in [6.45, 7) is 13.8. The summed E-state index contributed by atoms with van der Waals surface area (Å²) in [5.74, 6) is 2.07. The minimum atomic E-state index is 0.502. The van der Waals surface area contributed by atoms with Gasteiger partial charge < -0.3 is 11.1 Å². The largest absolute Gasteiger partial charge is 0.399 e. The van der Waals surface area contributed by atoms with Gasteiger partial charge in [0.05, 0.1) is 0 Å². The first kappa shape index (κ1) is 18.9. The van der Waals surface area contributed by atoms with Crippen molar-refractivity contribution >= 4 is 11.4 Å². The van der Waals surface area contributed by atoms with Crippen molar-refractivity contribution in [3.63, 3.8) is 0 Å². The molecule has 0 fully saturated rings. The van der Waals surface area contributed by atoms with Gasteiger partial charge in [-0.2, -0.15) is 0 Å². The Labute approximate surface area is 137 Å². The highest BCUT2D eigenvalue weighted by molar-refractivity contribution is 5.59. The van der Waals surface area contributed by atoms with Crippen molar-refractivity contribution < 1.29 is 0 Å². The average Bonchev–Trinajstić information content (AvgIpc) is 2.44. The van der Waals surface area contributed by atoms with Crippen LogP contribution in [0.2, 0.25) is 0 Å². The maximum Gasteiger partial charge on any atom is 0.0379 e.